The molecule has 2 atom stereocenters. The number of hydrogen-bond donors (Lipinski definition) is 0. The summed E-state index contributed by atoms with van der Waals surface area (Å²) in [6.45, 7) is 6.36. The van der Waals surface area contributed by atoms with Crippen LogP contribution in [0.25, 0.3) is 0 Å². The van der Waals surface area contributed by atoms with Crippen molar-refractivity contribution >= 4 is 23.2 Å². The van der Waals surface area contributed by atoms with Crippen molar-refractivity contribution in [2.45, 2.75) is 95.6 Å². The van der Waals surface area contributed by atoms with Crippen LogP contribution in [0, 0.1) is 0 Å². The fraction of sp³-hybridized carbons (Fsp3) is 1.00. The number of unbranched alkanes of at least 4 members (excludes halogenated alkanes) is 6. The van der Waals surface area contributed by atoms with E-state index in [4.69, 9.17) is 27.9 Å². The molecule has 0 aromatic carbocycles. The number of alkyl halides is 2. The van der Waals surface area contributed by atoms with E-state index >= 15 is 0 Å². The molecule has 18 heavy (non-hydrogen) atoms. The first-order valence-electron chi connectivity index (χ1n) is 7.55. The Morgan fingerprint density at radius 2 is 1.44 bits per heavy atom. The van der Waals surface area contributed by atoms with Crippen molar-refractivity contribution < 1.29 is 4.74 Å². The Morgan fingerprint density at radius 1 is 0.889 bits per heavy atom. The summed E-state index contributed by atoms with van der Waals surface area (Å²) in [4.78, 5) is -0.423. The molecule has 0 aliphatic heterocycles. The van der Waals surface area contributed by atoms with Crippen molar-refractivity contribution in [3.63, 3.8) is 0 Å². The second kappa shape index (κ2) is 12.6. The quantitative estimate of drug-likeness (QED) is 0.312. The highest BCUT2D eigenvalue weighted by Crippen LogP contribution is 2.18. The van der Waals surface area contributed by atoms with Crippen molar-refractivity contribution in [3.8, 4) is 0 Å². The van der Waals surface area contributed by atoms with Gasteiger partial charge in [-0.05, 0) is 19.8 Å². The van der Waals surface area contributed by atoms with Crippen LogP contribution in [0.4, 0.5) is 0 Å². The summed E-state index contributed by atoms with van der Waals surface area (Å²) in [5, 5.41) is 0. The zero-order valence-electron chi connectivity index (χ0n) is 12.3. The lowest BCUT2D eigenvalue weighted by Crippen LogP contribution is -2.24. The van der Waals surface area contributed by atoms with E-state index in [1.165, 1.54) is 44.9 Å². The summed E-state index contributed by atoms with van der Waals surface area (Å²) in [7, 11) is 0. The fourth-order valence-electron chi connectivity index (χ4n) is 2.06. The monoisotopic (exact) mass is 296 g/mol. The van der Waals surface area contributed by atoms with E-state index < -0.39 is 4.84 Å². The maximum atomic E-state index is 5.84. The molecule has 3 heteroatoms. The summed E-state index contributed by atoms with van der Waals surface area (Å²) in [5.74, 6) is 0. The van der Waals surface area contributed by atoms with Gasteiger partial charge in [-0.25, -0.2) is 0 Å². The Balaban J connectivity index is 3.50. The highest BCUT2D eigenvalue weighted by atomic mass is 35.5. The maximum absolute atomic E-state index is 5.84. The molecule has 0 saturated heterocycles. The first-order chi connectivity index (χ1) is 8.61. The van der Waals surface area contributed by atoms with Crippen molar-refractivity contribution in [1.82, 2.24) is 0 Å². The minimum atomic E-state index is -0.423. The molecule has 0 heterocycles. The molecule has 0 radical (unpaired) electrons. The molecule has 0 aliphatic rings. The third-order valence-corrected chi connectivity index (χ3v) is 4.06. The third-order valence-electron chi connectivity index (χ3n) is 3.35. The normalized spacial score (nSPS) is 15.0. The smallest absolute Gasteiger partial charge is 0.133 e. The van der Waals surface area contributed by atoms with Gasteiger partial charge in [0.2, 0.25) is 0 Å². The minimum absolute atomic E-state index is 0.0668. The van der Waals surface area contributed by atoms with Gasteiger partial charge in [-0.1, -0.05) is 58.8 Å². The number of ether oxygens (including phenoxy) is 1. The number of rotatable bonds is 12. The van der Waals surface area contributed by atoms with Crippen LogP contribution in [0.1, 0.15) is 78.6 Å². The second-order valence-electron chi connectivity index (χ2n) is 5.12. The predicted molar refractivity (Wildman–Crippen MR) is 82.7 cm³/mol. The van der Waals surface area contributed by atoms with E-state index in [2.05, 4.69) is 13.8 Å². The molecular formula is C15H30Cl2O. The average Bonchev–Trinajstić information content (AvgIpc) is 2.35. The van der Waals surface area contributed by atoms with Crippen LogP contribution in [0.3, 0.4) is 0 Å². The zero-order chi connectivity index (χ0) is 13.8. The van der Waals surface area contributed by atoms with Gasteiger partial charge in [-0.3, -0.25) is 0 Å². The Bertz CT molecular complexity index is 174. The molecule has 0 aromatic heterocycles. The van der Waals surface area contributed by atoms with E-state index in [-0.39, 0.29) is 6.10 Å². The Morgan fingerprint density at radius 3 is 1.94 bits per heavy atom. The molecular weight excluding hydrogens is 267 g/mol. The molecule has 0 spiro atoms. The van der Waals surface area contributed by atoms with Crippen molar-refractivity contribution in [1.29, 1.82) is 0 Å². The molecule has 0 rings (SSSR count). The first kappa shape index (κ1) is 18.5. The first-order valence-corrected chi connectivity index (χ1v) is 8.42. The van der Waals surface area contributed by atoms with Crippen LogP contribution in [0.15, 0.2) is 0 Å². The molecule has 0 N–H and O–H groups in total. The van der Waals surface area contributed by atoms with Gasteiger partial charge in [-0.15, -0.1) is 23.2 Å². The van der Waals surface area contributed by atoms with Crippen LogP contribution in [-0.4, -0.2) is 17.0 Å². The van der Waals surface area contributed by atoms with E-state index in [0.717, 1.165) is 12.8 Å². The van der Waals surface area contributed by atoms with Gasteiger partial charge in [-0.2, -0.15) is 0 Å². The second-order valence-corrected chi connectivity index (χ2v) is 6.28. The van der Waals surface area contributed by atoms with Crippen LogP contribution in [0.2, 0.25) is 0 Å². The summed E-state index contributed by atoms with van der Waals surface area (Å²) in [6, 6.07) is 0. The van der Waals surface area contributed by atoms with E-state index in [0.29, 0.717) is 6.10 Å². The molecule has 0 aliphatic carbocycles. The summed E-state index contributed by atoms with van der Waals surface area (Å²) in [6.07, 6.45) is 11.8. The topological polar surface area (TPSA) is 9.23 Å². The van der Waals surface area contributed by atoms with Gasteiger partial charge in [0.25, 0.3) is 0 Å². The SMILES string of the molecule is CCCCCCCCCC(CC)OC(C)C(Cl)Cl. The van der Waals surface area contributed by atoms with Crippen LogP contribution < -0.4 is 0 Å². The Kier molecular flexibility index (Phi) is 12.9. The van der Waals surface area contributed by atoms with Gasteiger partial charge < -0.3 is 4.74 Å². The van der Waals surface area contributed by atoms with Crippen molar-refractivity contribution in [3.05, 3.63) is 0 Å². The largest absolute Gasteiger partial charge is 0.372 e. The van der Waals surface area contributed by atoms with Gasteiger partial charge in [0.15, 0.2) is 0 Å². The van der Waals surface area contributed by atoms with Crippen molar-refractivity contribution in [2.75, 3.05) is 0 Å². The Labute approximate surface area is 124 Å². The molecule has 110 valence electrons. The average molecular weight is 297 g/mol. The van der Waals surface area contributed by atoms with Crippen molar-refractivity contribution in [2.24, 2.45) is 0 Å². The summed E-state index contributed by atoms with van der Waals surface area (Å²) < 4.78 is 5.84. The molecule has 0 saturated carbocycles. The molecule has 0 amide bonds. The lowest BCUT2D eigenvalue weighted by atomic mass is 10.1. The van der Waals surface area contributed by atoms with E-state index in [1.54, 1.807) is 0 Å². The molecule has 0 fully saturated rings. The number of halogens is 2. The molecule has 0 aromatic rings. The Hall–Kier alpha value is 0.540. The lowest BCUT2D eigenvalue weighted by Gasteiger charge is -2.22. The highest BCUT2D eigenvalue weighted by molar-refractivity contribution is 6.44. The highest BCUT2D eigenvalue weighted by Gasteiger charge is 2.16. The third kappa shape index (κ3) is 10.5. The van der Waals surface area contributed by atoms with E-state index in [9.17, 15) is 0 Å². The minimum Gasteiger partial charge on any atom is -0.372 e. The molecule has 2 unspecified atom stereocenters. The van der Waals surface area contributed by atoms with Gasteiger partial charge in [0.1, 0.15) is 4.84 Å². The summed E-state index contributed by atoms with van der Waals surface area (Å²) >= 11 is 11.6. The van der Waals surface area contributed by atoms with Crippen LogP contribution >= 0.6 is 23.2 Å². The van der Waals surface area contributed by atoms with Gasteiger partial charge in [0.05, 0.1) is 12.2 Å². The molecule has 1 nitrogen and oxygen atoms in total. The van der Waals surface area contributed by atoms with E-state index in [1.807, 2.05) is 6.92 Å². The lowest BCUT2D eigenvalue weighted by molar-refractivity contribution is -0.00271. The summed E-state index contributed by atoms with van der Waals surface area (Å²) in [5.41, 5.74) is 0. The fourth-order valence-corrected chi connectivity index (χ4v) is 2.18. The van der Waals surface area contributed by atoms with Crippen LogP contribution in [0.5, 0.6) is 0 Å². The standard InChI is InChI=1S/C15H30Cl2O/c1-4-6-7-8-9-10-11-12-14(5-2)18-13(3)15(16)17/h13-15H,4-12H2,1-3H3. The maximum Gasteiger partial charge on any atom is 0.133 e. The zero-order valence-corrected chi connectivity index (χ0v) is 13.8. The van der Waals surface area contributed by atoms with Gasteiger partial charge in [0, 0.05) is 0 Å². The number of hydrogen-bond acceptors (Lipinski definition) is 1. The predicted octanol–water partition coefficient (Wildman–Crippen LogP) is 6.11. The van der Waals surface area contributed by atoms with Gasteiger partial charge >= 0.3 is 0 Å². The molecule has 0 bridgehead atoms. The van der Waals surface area contributed by atoms with Crippen LogP contribution in [-0.2, 0) is 4.74 Å².